The van der Waals surface area contributed by atoms with E-state index in [0.29, 0.717) is 30.3 Å². The highest BCUT2D eigenvalue weighted by atomic mass is 16.5. The molecule has 7 nitrogen and oxygen atoms in total. The van der Waals surface area contributed by atoms with E-state index in [1.54, 1.807) is 13.0 Å². The van der Waals surface area contributed by atoms with Gasteiger partial charge in [-0.25, -0.2) is 0 Å². The van der Waals surface area contributed by atoms with Crippen molar-refractivity contribution in [1.29, 1.82) is 0 Å². The lowest BCUT2D eigenvalue weighted by molar-refractivity contribution is -0.133. The topological polar surface area (TPSA) is 69.9 Å². The molecule has 0 spiro atoms. The molecule has 166 valence electrons. The Morgan fingerprint density at radius 1 is 1.06 bits per heavy atom. The van der Waals surface area contributed by atoms with Gasteiger partial charge in [0.15, 0.2) is 5.69 Å². The predicted octanol–water partition coefficient (Wildman–Crippen LogP) is 2.96. The first-order chi connectivity index (χ1) is 15.1. The Balaban J connectivity index is 1.19. The molecule has 0 aliphatic carbocycles. The van der Waals surface area contributed by atoms with E-state index in [1.165, 1.54) is 5.56 Å². The van der Waals surface area contributed by atoms with Gasteiger partial charge in [0.2, 0.25) is 5.91 Å². The second-order valence-corrected chi connectivity index (χ2v) is 8.76. The Hall–Kier alpha value is -2.67. The van der Waals surface area contributed by atoms with Crippen molar-refractivity contribution in [2.75, 3.05) is 39.3 Å². The maximum absolute atomic E-state index is 12.7. The van der Waals surface area contributed by atoms with Gasteiger partial charge in [0.25, 0.3) is 5.91 Å². The molecule has 1 aromatic carbocycles. The number of likely N-dealkylation sites (tertiary alicyclic amines) is 1. The second-order valence-electron chi connectivity index (χ2n) is 8.76. The summed E-state index contributed by atoms with van der Waals surface area (Å²) in [6.07, 6.45) is 3.44. The van der Waals surface area contributed by atoms with Crippen LogP contribution in [0.2, 0.25) is 0 Å². The van der Waals surface area contributed by atoms with Crippen molar-refractivity contribution in [3.63, 3.8) is 0 Å². The standard InChI is InChI=1S/C24H32N4O3/c1-19-16-22(25-31-19)24(30)28-11-5-8-21(18-28)9-10-23(29)27-14-12-26(13-15-27)17-20-6-3-2-4-7-20/h2-4,6-7,16,21H,5,8-15,17-18H2,1H3. The highest BCUT2D eigenvalue weighted by Gasteiger charge is 2.27. The maximum Gasteiger partial charge on any atom is 0.276 e. The van der Waals surface area contributed by atoms with Crippen LogP contribution in [0.15, 0.2) is 40.9 Å². The van der Waals surface area contributed by atoms with Gasteiger partial charge in [-0.2, -0.15) is 0 Å². The molecule has 2 aromatic rings. The Kier molecular flexibility index (Phi) is 7.02. The normalized spacial score (nSPS) is 20.1. The van der Waals surface area contributed by atoms with Gasteiger partial charge in [-0.05, 0) is 37.7 Å². The van der Waals surface area contributed by atoms with Gasteiger partial charge in [-0.3, -0.25) is 14.5 Å². The fourth-order valence-electron chi connectivity index (χ4n) is 4.60. The highest BCUT2D eigenvalue weighted by molar-refractivity contribution is 5.92. The summed E-state index contributed by atoms with van der Waals surface area (Å²) >= 11 is 0. The minimum atomic E-state index is -0.0672. The van der Waals surface area contributed by atoms with Crippen molar-refractivity contribution in [3.8, 4) is 0 Å². The van der Waals surface area contributed by atoms with E-state index in [0.717, 1.165) is 58.5 Å². The molecule has 1 aromatic heterocycles. The molecule has 0 bridgehead atoms. The summed E-state index contributed by atoms with van der Waals surface area (Å²) in [7, 11) is 0. The van der Waals surface area contributed by atoms with Gasteiger partial charge < -0.3 is 14.3 Å². The number of amides is 2. The number of benzene rings is 1. The van der Waals surface area contributed by atoms with E-state index in [2.05, 4.69) is 34.3 Å². The van der Waals surface area contributed by atoms with Crippen LogP contribution in [-0.4, -0.2) is 70.9 Å². The van der Waals surface area contributed by atoms with Crippen LogP contribution in [0.3, 0.4) is 0 Å². The van der Waals surface area contributed by atoms with E-state index in [4.69, 9.17) is 4.52 Å². The summed E-state index contributed by atoms with van der Waals surface area (Å²) in [5, 5.41) is 3.85. The smallest absolute Gasteiger partial charge is 0.276 e. The summed E-state index contributed by atoms with van der Waals surface area (Å²) in [5.41, 5.74) is 1.70. The quantitative estimate of drug-likeness (QED) is 0.713. The van der Waals surface area contributed by atoms with Crippen LogP contribution in [0.25, 0.3) is 0 Å². The number of rotatable bonds is 6. The van der Waals surface area contributed by atoms with Crippen LogP contribution in [-0.2, 0) is 11.3 Å². The van der Waals surface area contributed by atoms with E-state index < -0.39 is 0 Å². The maximum atomic E-state index is 12.7. The minimum absolute atomic E-state index is 0.0672. The third kappa shape index (κ3) is 5.73. The number of nitrogens with zero attached hydrogens (tertiary/aromatic N) is 4. The molecule has 4 rings (SSSR count). The van der Waals surface area contributed by atoms with Crippen molar-refractivity contribution in [2.24, 2.45) is 5.92 Å². The minimum Gasteiger partial charge on any atom is -0.361 e. The van der Waals surface area contributed by atoms with Crippen molar-refractivity contribution in [3.05, 3.63) is 53.4 Å². The summed E-state index contributed by atoms with van der Waals surface area (Å²) in [6.45, 7) is 7.61. The van der Waals surface area contributed by atoms with Crippen molar-refractivity contribution in [2.45, 2.75) is 39.2 Å². The van der Waals surface area contributed by atoms with E-state index in [1.807, 2.05) is 15.9 Å². The van der Waals surface area contributed by atoms with Crippen molar-refractivity contribution in [1.82, 2.24) is 19.9 Å². The largest absolute Gasteiger partial charge is 0.361 e. The number of piperidine rings is 1. The van der Waals surface area contributed by atoms with Crippen LogP contribution in [0, 0.1) is 12.8 Å². The molecule has 2 fully saturated rings. The fraction of sp³-hybridized carbons (Fsp3) is 0.542. The summed E-state index contributed by atoms with van der Waals surface area (Å²) in [4.78, 5) is 31.7. The first-order valence-corrected chi connectivity index (χ1v) is 11.3. The number of aryl methyl sites for hydroxylation is 1. The Morgan fingerprint density at radius 2 is 1.84 bits per heavy atom. The summed E-state index contributed by atoms with van der Waals surface area (Å²) in [6, 6.07) is 12.2. The average molecular weight is 425 g/mol. The molecule has 1 atom stereocenters. The predicted molar refractivity (Wildman–Crippen MR) is 117 cm³/mol. The molecule has 2 saturated heterocycles. The van der Waals surface area contributed by atoms with Gasteiger partial charge in [-0.1, -0.05) is 35.5 Å². The number of hydrogen-bond acceptors (Lipinski definition) is 5. The van der Waals surface area contributed by atoms with Crippen LogP contribution < -0.4 is 0 Å². The number of carbonyl (C=O) groups excluding carboxylic acids is 2. The molecule has 2 aliphatic heterocycles. The van der Waals surface area contributed by atoms with E-state index >= 15 is 0 Å². The third-order valence-corrected chi connectivity index (χ3v) is 6.39. The SMILES string of the molecule is Cc1cc(C(=O)N2CCCC(CCC(=O)N3CCN(Cc4ccccc4)CC3)C2)no1. The number of carbonyl (C=O) groups is 2. The van der Waals surface area contributed by atoms with Crippen molar-refractivity contribution >= 4 is 11.8 Å². The highest BCUT2D eigenvalue weighted by Crippen LogP contribution is 2.23. The zero-order chi connectivity index (χ0) is 21.6. The zero-order valence-electron chi connectivity index (χ0n) is 18.3. The molecule has 3 heterocycles. The van der Waals surface area contributed by atoms with Gasteiger partial charge in [0, 0.05) is 58.3 Å². The monoisotopic (exact) mass is 424 g/mol. The zero-order valence-corrected chi connectivity index (χ0v) is 18.3. The molecule has 31 heavy (non-hydrogen) atoms. The van der Waals surface area contributed by atoms with Crippen LogP contribution >= 0.6 is 0 Å². The van der Waals surface area contributed by atoms with Gasteiger partial charge in [-0.15, -0.1) is 0 Å². The number of hydrogen-bond donors (Lipinski definition) is 0. The fourth-order valence-corrected chi connectivity index (χ4v) is 4.60. The van der Waals surface area contributed by atoms with E-state index in [9.17, 15) is 9.59 Å². The molecule has 0 radical (unpaired) electrons. The molecule has 1 unspecified atom stereocenters. The molecule has 0 saturated carbocycles. The summed E-state index contributed by atoms with van der Waals surface area (Å²) in [5.74, 6) is 1.19. The molecule has 2 amide bonds. The molecule has 2 aliphatic rings. The first kappa shape index (κ1) is 21.6. The van der Waals surface area contributed by atoms with Gasteiger partial charge in [0.1, 0.15) is 5.76 Å². The Labute approximate surface area is 184 Å². The van der Waals surface area contributed by atoms with Gasteiger partial charge in [0.05, 0.1) is 0 Å². The lowest BCUT2D eigenvalue weighted by Crippen LogP contribution is -2.48. The molecular weight excluding hydrogens is 392 g/mol. The van der Waals surface area contributed by atoms with Crippen LogP contribution in [0.5, 0.6) is 0 Å². The number of piperazine rings is 1. The summed E-state index contributed by atoms with van der Waals surface area (Å²) < 4.78 is 5.04. The van der Waals surface area contributed by atoms with E-state index in [-0.39, 0.29) is 11.8 Å². The molecular formula is C24H32N4O3. The molecule has 0 N–H and O–H groups in total. The second kappa shape index (κ2) is 10.1. The van der Waals surface area contributed by atoms with Crippen LogP contribution in [0.4, 0.5) is 0 Å². The third-order valence-electron chi connectivity index (χ3n) is 6.39. The average Bonchev–Trinajstić information content (AvgIpc) is 3.24. The number of aromatic nitrogens is 1. The first-order valence-electron chi connectivity index (χ1n) is 11.3. The van der Waals surface area contributed by atoms with Crippen molar-refractivity contribution < 1.29 is 14.1 Å². The lowest BCUT2D eigenvalue weighted by atomic mass is 9.93. The Morgan fingerprint density at radius 3 is 2.55 bits per heavy atom. The van der Waals surface area contributed by atoms with Gasteiger partial charge >= 0.3 is 0 Å². The Bertz CT molecular complexity index is 874. The molecule has 7 heteroatoms. The van der Waals surface area contributed by atoms with Crippen LogP contribution in [0.1, 0.15) is 47.5 Å². The lowest BCUT2D eigenvalue weighted by Gasteiger charge is -2.36.